The van der Waals surface area contributed by atoms with E-state index < -0.39 is 0 Å². The topological polar surface area (TPSA) is 38.0 Å². The fourth-order valence-corrected chi connectivity index (χ4v) is 1.60. The predicted molar refractivity (Wildman–Crippen MR) is 59.4 cm³/mol. The monoisotopic (exact) mass is 202 g/mol. The Morgan fingerprint density at radius 3 is 2.33 bits per heavy atom. The van der Waals surface area contributed by atoms with Crippen LogP contribution in [0.4, 0.5) is 0 Å². The SMILES string of the molecule is Cc1ccccc1-n1nc(O)c(C)c1C. The number of hydrogen-bond donors (Lipinski definition) is 1. The molecule has 3 nitrogen and oxygen atoms in total. The Hall–Kier alpha value is -1.77. The standard InChI is InChI=1S/C12H14N2O/c1-8-6-4-5-7-11(8)14-10(3)9(2)12(15)13-14/h4-7H,1-3H3,(H,13,15). The first-order chi connectivity index (χ1) is 7.11. The van der Waals surface area contributed by atoms with Gasteiger partial charge in [-0.15, -0.1) is 5.10 Å². The first-order valence-electron chi connectivity index (χ1n) is 4.92. The molecule has 0 amide bonds. The quantitative estimate of drug-likeness (QED) is 0.771. The summed E-state index contributed by atoms with van der Waals surface area (Å²) in [5.41, 5.74) is 3.96. The summed E-state index contributed by atoms with van der Waals surface area (Å²) in [5.74, 6) is 0.107. The highest BCUT2D eigenvalue weighted by molar-refractivity contribution is 5.43. The zero-order valence-electron chi connectivity index (χ0n) is 9.15. The lowest BCUT2D eigenvalue weighted by Gasteiger charge is -2.07. The summed E-state index contributed by atoms with van der Waals surface area (Å²) in [7, 11) is 0. The molecule has 1 aromatic heterocycles. The molecular formula is C12H14N2O. The highest BCUT2D eigenvalue weighted by Crippen LogP contribution is 2.22. The Bertz CT molecular complexity index is 500. The number of aromatic hydroxyl groups is 1. The molecule has 1 N–H and O–H groups in total. The summed E-state index contributed by atoms with van der Waals surface area (Å²) in [5, 5.41) is 13.7. The van der Waals surface area contributed by atoms with E-state index in [4.69, 9.17) is 0 Å². The molecule has 2 rings (SSSR count). The number of aryl methyl sites for hydroxylation is 1. The van der Waals surface area contributed by atoms with Gasteiger partial charge in [-0.3, -0.25) is 0 Å². The van der Waals surface area contributed by atoms with Crippen molar-refractivity contribution in [3.63, 3.8) is 0 Å². The molecule has 0 radical (unpaired) electrons. The van der Waals surface area contributed by atoms with Crippen LogP contribution in [-0.2, 0) is 0 Å². The largest absolute Gasteiger partial charge is 0.492 e. The van der Waals surface area contributed by atoms with Gasteiger partial charge < -0.3 is 5.11 Å². The molecule has 0 aliphatic carbocycles. The van der Waals surface area contributed by atoms with E-state index in [1.165, 1.54) is 0 Å². The van der Waals surface area contributed by atoms with Crippen LogP contribution in [0.2, 0.25) is 0 Å². The second-order valence-electron chi connectivity index (χ2n) is 3.73. The van der Waals surface area contributed by atoms with Gasteiger partial charge >= 0.3 is 0 Å². The van der Waals surface area contributed by atoms with Gasteiger partial charge in [0.15, 0.2) is 0 Å². The Morgan fingerprint density at radius 1 is 1.13 bits per heavy atom. The maximum atomic E-state index is 9.54. The average Bonchev–Trinajstić information content (AvgIpc) is 2.47. The molecule has 3 heteroatoms. The van der Waals surface area contributed by atoms with Crippen LogP contribution in [0, 0.1) is 20.8 Å². The second-order valence-corrected chi connectivity index (χ2v) is 3.73. The Labute approximate surface area is 89.0 Å². The number of benzene rings is 1. The third kappa shape index (κ3) is 1.50. The van der Waals surface area contributed by atoms with Crippen LogP contribution in [-0.4, -0.2) is 14.9 Å². The molecule has 1 heterocycles. The molecule has 2 aromatic rings. The van der Waals surface area contributed by atoms with Gasteiger partial charge in [0.2, 0.25) is 5.88 Å². The van der Waals surface area contributed by atoms with Crippen molar-refractivity contribution in [2.75, 3.05) is 0 Å². The highest BCUT2D eigenvalue weighted by atomic mass is 16.3. The minimum Gasteiger partial charge on any atom is -0.492 e. The van der Waals surface area contributed by atoms with Crippen molar-refractivity contribution >= 4 is 0 Å². The molecule has 15 heavy (non-hydrogen) atoms. The lowest BCUT2D eigenvalue weighted by molar-refractivity contribution is 0.444. The molecule has 78 valence electrons. The maximum Gasteiger partial charge on any atom is 0.233 e. The first-order valence-corrected chi connectivity index (χ1v) is 4.92. The summed E-state index contributed by atoms with van der Waals surface area (Å²) in [6, 6.07) is 7.98. The van der Waals surface area contributed by atoms with Crippen molar-refractivity contribution in [1.29, 1.82) is 0 Å². The number of nitrogens with zero attached hydrogens (tertiary/aromatic N) is 2. The van der Waals surface area contributed by atoms with Crippen molar-refractivity contribution in [3.8, 4) is 11.6 Å². The number of hydrogen-bond acceptors (Lipinski definition) is 2. The van der Waals surface area contributed by atoms with Crippen LogP contribution in [0.1, 0.15) is 16.8 Å². The average molecular weight is 202 g/mol. The minimum absolute atomic E-state index is 0.107. The van der Waals surface area contributed by atoms with Gasteiger partial charge in [0, 0.05) is 11.3 Å². The third-order valence-electron chi connectivity index (χ3n) is 2.73. The second kappa shape index (κ2) is 3.42. The summed E-state index contributed by atoms with van der Waals surface area (Å²) < 4.78 is 1.78. The number of aromatic nitrogens is 2. The third-order valence-corrected chi connectivity index (χ3v) is 2.73. The van der Waals surface area contributed by atoms with Gasteiger partial charge in [-0.1, -0.05) is 18.2 Å². The van der Waals surface area contributed by atoms with E-state index >= 15 is 0 Å². The van der Waals surface area contributed by atoms with Crippen LogP contribution < -0.4 is 0 Å². The molecule has 0 unspecified atom stereocenters. The lowest BCUT2D eigenvalue weighted by Crippen LogP contribution is -2.00. The maximum absolute atomic E-state index is 9.54. The van der Waals surface area contributed by atoms with Crippen molar-refractivity contribution in [2.24, 2.45) is 0 Å². The molecule has 0 spiro atoms. The van der Waals surface area contributed by atoms with Crippen LogP contribution >= 0.6 is 0 Å². The van der Waals surface area contributed by atoms with Crippen LogP contribution in [0.25, 0.3) is 5.69 Å². The predicted octanol–water partition coefficient (Wildman–Crippen LogP) is 2.50. The van der Waals surface area contributed by atoms with E-state index in [0.717, 1.165) is 22.5 Å². The minimum atomic E-state index is 0.107. The van der Waals surface area contributed by atoms with E-state index in [1.807, 2.05) is 45.0 Å². The zero-order chi connectivity index (χ0) is 11.0. The Balaban J connectivity index is 2.65. The molecule has 0 aliphatic rings. The van der Waals surface area contributed by atoms with E-state index in [1.54, 1.807) is 4.68 Å². The zero-order valence-corrected chi connectivity index (χ0v) is 9.15. The fraction of sp³-hybridized carbons (Fsp3) is 0.250. The van der Waals surface area contributed by atoms with Gasteiger partial charge in [-0.2, -0.15) is 0 Å². The van der Waals surface area contributed by atoms with E-state index in [9.17, 15) is 5.11 Å². The smallest absolute Gasteiger partial charge is 0.233 e. The normalized spacial score (nSPS) is 10.6. The molecule has 1 aromatic carbocycles. The van der Waals surface area contributed by atoms with Crippen molar-refractivity contribution in [3.05, 3.63) is 41.1 Å². The van der Waals surface area contributed by atoms with Gasteiger partial charge in [0.25, 0.3) is 0 Å². The highest BCUT2D eigenvalue weighted by Gasteiger charge is 2.11. The Kier molecular flexibility index (Phi) is 2.23. The fourth-order valence-electron chi connectivity index (χ4n) is 1.60. The van der Waals surface area contributed by atoms with Crippen molar-refractivity contribution in [1.82, 2.24) is 9.78 Å². The van der Waals surface area contributed by atoms with Crippen molar-refractivity contribution < 1.29 is 5.11 Å². The van der Waals surface area contributed by atoms with E-state index in [2.05, 4.69) is 5.10 Å². The number of rotatable bonds is 1. The van der Waals surface area contributed by atoms with Crippen molar-refractivity contribution in [2.45, 2.75) is 20.8 Å². The summed E-state index contributed by atoms with van der Waals surface area (Å²) in [6.45, 7) is 5.85. The van der Waals surface area contributed by atoms with Crippen LogP contribution in [0.15, 0.2) is 24.3 Å². The number of para-hydroxylation sites is 1. The first kappa shape index (κ1) is 9.77. The van der Waals surface area contributed by atoms with Gasteiger partial charge in [-0.05, 0) is 32.4 Å². The van der Waals surface area contributed by atoms with E-state index in [0.29, 0.717) is 0 Å². The summed E-state index contributed by atoms with van der Waals surface area (Å²) >= 11 is 0. The summed E-state index contributed by atoms with van der Waals surface area (Å²) in [6.07, 6.45) is 0. The molecule has 0 fully saturated rings. The van der Waals surface area contributed by atoms with E-state index in [-0.39, 0.29) is 5.88 Å². The molecule has 0 aliphatic heterocycles. The van der Waals surface area contributed by atoms with Gasteiger partial charge in [-0.25, -0.2) is 4.68 Å². The molecule has 0 bridgehead atoms. The molecule has 0 saturated heterocycles. The van der Waals surface area contributed by atoms with Crippen LogP contribution in [0.5, 0.6) is 5.88 Å². The molecule has 0 saturated carbocycles. The molecule has 0 atom stereocenters. The Morgan fingerprint density at radius 2 is 1.80 bits per heavy atom. The van der Waals surface area contributed by atoms with Gasteiger partial charge in [0.05, 0.1) is 5.69 Å². The molecular weight excluding hydrogens is 188 g/mol. The van der Waals surface area contributed by atoms with Gasteiger partial charge in [0.1, 0.15) is 0 Å². The van der Waals surface area contributed by atoms with Crippen LogP contribution in [0.3, 0.4) is 0 Å². The lowest BCUT2D eigenvalue weighted by atomic mass is 10.2. The summed E-state index contributed by atoms with van der Waals surface area (Å²) in [4.78, 5) is 0.